The molecule has 2 aromatic heterocycles. The quantitative estimate of drug-likeness (QED) is 0.857. The number of aromatic nitrogens is 2. The van der Waals surface area contributed by atoms with E-state index >= 15 is 0 Å². The first-order valence-electron chi connectivity index (χ1n) is 8.55. The standard InChI is InChI=1S/C17H26N4S/c1-4-21(5-2)9-8-18-16-15-13-7-6-12(3)10-14(13)22-17(15)20-11-19-16/h11-12H,4-10H2,1-3H3,(H,18,19,20)/p+1. The summed E-state index contributed by atoms with van der Waals surface area (Å²) in [6.07, 6.45) is 5.39. The summed E-state index contributed by atoms with van der Waals surface area (Å²) in [6, 6.07) is 0. The Labute approximate surface area is 137 Å². The average molecular weight is 319 g/mol. The SMILES string of the molecule is CC[NH+](CC)CCNc1ncnc2sc3c(c12)CCC(C)C3. The lowest BCUT2D eigenvalue weighted by molar-refractivity contribution is -0.894. The van der Waals surface area contributed by atoms with E-state index in [4.69, 9.17) is 0 Å². The molecule has 2 aromatic rings. The Morgan fingerprint density at radius 3 is 2.91 bits per heavy atom. The van der Waals surface area contributed by atoms with Crippen molar-refractivity contribution in [3.63, 3.8) is 0 Å². The molecule has 0 aromatic carbocycles. The third kappa shape index (κ3) is 3.10. The molecule has 4 nitrogen and oxygen atoms in total. The fourth-order valence-corrected chi connectivity index (χ4v) is 4.72. The normalized spacial score (nSPS) is 17.9. The van der Waals surface area contributed by atoms with Crippen LogP contribution in [0, 0.1) is 5.92 Å². The molecule has 120 valence electrons. The Balaban J connectivity index is 1.81. The molecule has 0 saturated carbocycles. The monoisotopic (exact) mass is 319 g/mol. The number of nitrogens with zero attached hydrogens (tertiary/aromatic N) is 2. The van der Waals surface area contributed by atoms with Crippen molar-refractivity contribution in [1.82, 2.24) is 9.97 Å². The van der Waals surface area contributed by atoms with E-state index in [1.165, 1.54) is 48.2 Å². The van der Waals surface area contributed by atoms with Gasteiger partial charge in [-0.15, -0.1) is 11.3 Å². The molecule has 2 N–H and O–H groups in total. The molecule has 0 fully saturated rings. The van der Waals surface area contributed by atoms with E-state index in [0.717, 1.165) is 29.7 Å². The molecule has 3 rings (SSSR count). The van der Waals surface area contributed by atoms with Crippen molar-refractivity contribution in [1.29, 1.82) is 0 Å². The third-order valence-electron chi connectivity index (χ3n) is 4.86. The summed E-state index contributed by atoms with van der Waals surface area (Å²) in [5.41, 5.74) is 1.51. The Morgan fingerprint density at radius 2 is 2.14 bits per heavy atom. The first kappa shape index (κ1) is 15.7. The van der Waals surface area contributed by atoms with E-state index in [-0.39, 0.29) is 0 Å². The summed E-state index contributed by atoms with van der Waals surface area (Å²) in [6.45, 7) is 11.3. The maximum Gasteiger partial charge on any atom is 0.138 e. The lowest BCUT2D eigenvalue weighted by atomic mass is 9.89. The molecular formula is C17H27N4S+. The van der Waals surface area contributed by atoms with E-state index in [9.17, 15) is 0 Å². The van der Waals surface area contributed by atoms with Crippen molar-refractivity contribution in [3.05, 3.63) is 16.8 Å². The van der Waals surface area contributed by atoms with Crippen LogP contribution in [0.3, 0.4) is 0 Å². The van der Waals surface area contributed by atoms with Gasteiger partial charge < -0.3 is 10.2 Å². The zero-order valence-corrected chi connectivity index (χ0v) is 14.7. The number of likely N-dealkylation sites (N-methyl/N-ethyl adjacent to an activating group) is 1. The highest BCUT2D eigenvalue weighted by molar-refractivity contribution is 7.19. The van der Waals surface area contributed by atoms with Crippen molar-refractivity contribution < 1.29 is 4.90 Å². The zero-order chi connectivity index (χ0) is 15.5. The van der Waals surface area contributed by atoms with Gasteiger partial charge in [-0.05, 0) is 44.6 Å². The van der Waals surface area contributed by atoms with Crippen LogP contribution in [0.1, 0.15) is 37.6 Å². The second-order valence-corrected chi connectivity index (χ2v) is 7.47. The molecule has 1 unspecified atom stereocenters. The molecule has 2 heterocycles. The van der Waals surface area contributed by atoms with Gasteiger partial charge in [0.05, 0.1) is 31.6 Å². The molecule has 1 atom stereocenters. The summed E-state index contributed by atoms with van der Waals surface area (Å²) in [4.78, 5) is 13.4. The van der Waals surface area contributed by atoms with Gasteiger partial charge in [-0.3, -0.25) is 0 Å². The minimum atomic E-state index is 0.802. The number of hydrogen-bond donors (Lipinski definition) is 2. The number of aryl methyl sites for hydroxylation is 1. The fraction of sp³-hybridized carbons (Fsp3) is 0.647. The molecule has 0 bridgehead atoms. The van der Waals surface area contributed by atoms with Gasteiger partial charge >= 0.3 is 0 Å². The van der Waals surface area contributed by atoms with Crippen LogP contribution in [0.2, 0.25) is 0 Å². The summed E-state index contributed by atoms with van der Waals surface area (Å²) >= 11 is 1.87. The Morgan fingerprint density at radius 1 is 1.32 bits per heavy atom. The second kappa shape index (κ2) is 6.92. The number of fused-ring (bicyclic) bond motifs is 3. The van der Waals surface area contributed by atoms with E-state index < -0.39 is 0 Å². The maximum absolute atomic E-state index is 4.53. The predicted octanol–water partition coefficient (Wildman–Crippen LogP) is 2.15. The number of thiophene rings is 1. The maximum atomic E-state index is 4.53. The number of hydrogen-bond acceptors (Lipinski definition) is 4. The lowest BCUT2D eigenvalue weighted by Gasteiger charge is -2.19. The first-order chi connectivity index (χ1) is 10.7. The van der Waals surface area contributed by atoms with Gasteiger partial charge in [0.25, 0.3) is 0 Å². The van der Waals surface area contributed by atoms with Crippen LogP contribution in [0.25, 0.3) is 10.2 Å². The molecule has 0 saturated heterocycles. The lowest BCUT2D eigenvalue weighted by Crippen LogP contribution is -3.12. The number of anilines is 1. The minimum Gasteiger partial charge on any atom is -0.364 e. The van der Waals surface area contributed by atoms with Crippen LogP contribution in [0.15, 0.2) is 6.33 Å². The minimum absolute atomic E-state index is 0.802. The highest BCUT2D eigenvalue weighted by atomic mass is 32.1. The number of rotatable bonds is 6. The Bertz CT molecular complexity index is 633. The first-order valence-corrected chi connectivity index (χ1v) is 9.37. The van der Waals surface area contributed by atoms with Gasteiger partial charge in [-0.2, -0.15) is 0 Å². The topological polar surface area (TPSA) is 42.2 Å². The van der Waals surface area contributed by atoms with Gasteiger partial charge in [0.15, 0.2) is 0 Å². The Kier molecular flexibility index (Phi) is 4.93. The Hall–Kier alpha value is -1.20. The van der Waals surface area contributed by atoms with Gasteiger partial charge in [-0.25, -0.2) is 9.97 Å². The van der Waals surface area contributed by atoms with Crippen LogP contribution in [-0.2, 0) is 12.8 Å². The highest BCUT2D eigenvalue weighted by Gasteiger charge is 2.22. The smallest absolute Gasteiger partial charge is 0.138 e. The molecule has 0 aliphatic heterocycles. The van der Waals surface area contributed by atoms with Gasteiger partial charge in [0, 0.05) is 4.88 Å². The third-order valence-corrected chi connectivity index (χ3v) is 6.03. The van der Waals surface area contributed by atoms with Crippen LogP contribution >= 0.6 is 11.3 Å². The molecule has 5 heteroatoms. The zero-order valence-electron chi connectivity index (χ0n) is 13.9. The summed E-state index contributed by atoms with van der Waals surface area (Å²) in [5.74, 6) is 1.85. The van der Waals surface area contributed by atoms with Gasteiger partial charge in [0.1, 0.15) is 17.0 Å². The van der Waals surface area contributed by atoms with Crippen molar-refractivity contribution in [2.24, 2.45) is 5.92 Å². The number of nitrogens with one attached hydrogen (secondary N) is 2. The number of quaternary nitrogens is 1. The van der Waals surface area contributed by atoms with Crippen LogP contribution < -0.4 is 10.2 Å². The van der Waals surface area contributed by atoms with E-state index in [1.54, 1.807) is 11.2 Å². The largest absolute Gasteiger partial charge is 0.364 e. The van der Waals surface area contributed by atoms with Crippen molar-refractivity contribution >= 4 is 27.4 Å². The van der Waals surface area contributed by atoms with Crippen molar-refractivity contribution in [2.75, 3.05) is 31.5 Å². The van der Waals surface area contributed by atoms with Gasteiger partial charge in [-0.1, -0.05) is 6.92 Å². The van der Waals surface area contributed by atoms with E-state index in [2.05, 4.69) is 36.1 Å². The highest BCUT2D eigenvalue weighted by Crippen LogP contribution is 2.39. The van der Waals surface area contributed by atoms with Crippen LogP contribution in [-0.4, -0.2) is 36.1 Å². The molecule has 1 aliphatic rings. The fourth-order valence-electron chi connectivity index (χ4n) is 3.37. The summed E-state index contributed by atoms with van der Waals surface area (Å²) in [7, 11) is 0. The molecule has 0 amide bonds. The van der Waals surface area contributed by atoms with Crippen LogP contribution in [0.4, 0.5) is 5.82 Å². The summed E-state index contributed by atoms with van der Waals surface area (Å²) in [5, 5.41) is 4.86. The summed E-state index contributed by atoms with van der Waals surface area (Å²) < 4.78 is 0. The van der Waals surface area contributed by atoms with Crippen molar-refractivity contribution in [2.45, 2.75) is 40.0 Å². The molecule has 0 radical (unpaired) electrons. The molecule has 1 aliphatic carbocycles. The molecule has 0 spiro atoms. The predicted molar refractivity (Wildman–Crippen MR) is 94.0 cm³/mol. The molecule has 22 heavy (non-hydrogen) atoms. The average Bonchev–Trinajstić information content (AvgIpc) is 2.89. The van der Waals surface area contributed by atoms with Crippen molar-refractivity contribution in [3.8, 4) is 0 Å². The van der Waals surface area contributed by atoms with Crippen LogP contribution in [0.5, 0.6) is 0 Å². The van der Waals surface area contributed by atoms with E-state index in [0.29, 0.717) is 0 Å². The second-order valence-electron chi connectivity index (χ2n) is 6.39. The molecular weight excluding hydrogens is 292 g/mol. The van der Waals surface area contributed by atoms with E-state index in [1.807, 2.05) is 11.3 Å². The van der Waals surface area contributed by atoms with Gasteiger partial charge in [0.2, 0.25) is 0 Å².